The molecule has 0 radical (unpaired) electrons. The highest BCUT2D eigenvalue weighted by Crippen LogP contribution is 2.01. The summed E-state index contributed by atoms with van der Waals surface area (Å²) in [6.07, 6.45) is 0.231. The molecule has 5 nitrogen and oxygen atoms in total. The molecular weight excluding hydrogens is 180 g/mol. The van der Waals surface area contributed by atoms with Crippen molar-refractivity contribution in [2.75, 3.05) is 0 Å². The molecule has 1 rings (SSSR count). The second-order valence-electron chi connectivity index (χ2n) is 2.45. The first kappa shape index (κ1) is 8.92. The van der Waals surface area contributed by atoms with Crippen molar-refractivity contribution >= 4 is 29.2 Å². The van der Waals surface area contributed by atoms with Crippen molar-refractivity contribution in [3.05, 3.63) is 0 Å². The average Bonchev–Trinajstić information content (AvgIpc) is 2.26. The molecule has 1 atom stereocenters. The lowest BCUT2D eigenvalue weighted by Crippen LogP contribution is -2.29. The number of carboxylic acids is 1. The van der Waals surface area contributed by atoms with Crippen LogP contribution in [0.3, 0.4) is 0 Å². The zero-order valence-electron chi connectivity index (χ0n) is 6.16. The van der Waals surface area contributed by atoms with Crippen LogP contribution in [0.5, 0.6) is 0 Å². The Kier molecular flexibility index (Phi) is 2.59. The monoisotopic (exact) mass is 188 g/mol. The number of aliphatic carboxylic acids is 1. The molecule has 0 saturated carbocycles. The summed E-state index contributed by atoms with van der Waals surface area (Å²) in [5.41, 5.74) is 0. The summed E-state index contributed by atoms with van der Waals surface area (Å²) in [4.78, 5) is 21.1. The van der Waals surface area contributed by atoms with Gasteiger partial charge in [0.05, 0.1) is 0 Å². The molecule has 6 heteroatoms. The highest BCUT2D eigenvalue weighted by molar-refractivity contribution is 7.80. The quantitative estimate of drug-likeness (QED) is 0.507. The summed E-state index contributed by atoms with van der Waals surface area (Å²) in [5.74, 6) is -1.16. The highest BCUT2D eigenvalue weighted by atomic mass is 32.1. The first-order valence-electron chi connectivity index (χ1n) is 3.43. The van der Waals surface area contributed by atoms with Crippen LogP contribution in [-0.4, -0.2) is 28.1 Å². The minimum atomic E-state index is -0.914. The molecule has 0 aromatic rings. The fourth-order valence-electron chi connectivity index (χ4n) is 0.930. The van der Waals surface area contributed by atoms with Crippen LogP contribution in [0.2, 0.25) is 0 Å². The topological polar surface area (TPSA) is 78.4 Å². The molecule has 1 saturated heterocycles. The van der Waals surface area contributed by atoms with E-state index in [0.29, 0.717) is 0 Å². The maximum atomic E-state index is 10.9. The van der Waals surface area contributed by atoms with E-state index in [0.717, 1.165) is 0 Å². The van der Waals surface area contributed by atoms with Gasteiger partial charge < -0.3 is 15.7 Å². The van der Waals surface area contributed by atoms with Gasteiger partial charge in [-0.1, -0.05) is 0 Å². The van der Waals surface area contributed by atoms with Crippen LogP contribution in [0.4, 0.5) is 0 Å². The van der Waals surface area contributed by atoms with Crippen LogP contribution < -0.4 is 10.6 Å². The number of carbonyl (C=O) groups is 2. The maximum Gasteiger partial charge on any atom is 0.303 e. The van der Waals surface area contributed by atoms with Crippen molar-refractivity contribution < 1.29 is 14.7 Å². The molecular formula is C6H8N2O3S. The van der Waals surface area contributed by atoms with Crippen LogP contribution in [0.1, 0.15) is 12.8 Å². The van der Waals surface area contributed by atoms with E-state index >= 15 is 0 Å². The summed E-state index contributed by atoms with van der Waals surface area (Å²) in [5, 5.41) is 13.7. The fourth-order valence-corrected chi connectivity index (χ4v) is 1.17. The minimum Gasteiger partial charge on any atom is -0.481 e. The summed E-state index contributed by atoms with van der Waals surface area (Å²) in [6.45, 7) is 0. The number of carboxylic acid groups (broad SMARTS) is 1. The van der Waals surface area contributed by atoms with Crippen LogP contribution >= 0.6 is 12.2 Å². The molecule has 12 heavy (non-hydrogen) atoms. The Hall–Kier alpha value is -1.17. The van der Waals surface area contributed by atoms with Gasteiger partial charge in [-0.2, -0.15) is 0 Å². The van der Waals surface area contributed by atoms with E-state index in [-0.39, 0.29) is 23.9 Å². The van der Waals surface area contributed by atoms with E-state index in [1.807, 2.05) is 0 Å². The van der Waals surface area contributed by atoms with E-state index in [4.69, 9.17) is 5.11 Å². The molecule has 66 valence electrons. The molecule has 0 bridgehead atoms. The second kappa shape index (κ2) is 3.48. The minimum absolute atomic E-state index is 0.0340. The molecule has 0 aromatic carbocycles. The highest BCUT2D eigenvalue weighted by Gasteiger charge is 2.26. The van der Waals surface area contributed by atoms with Gasteiger partial charge in [0.15, 0.2) is 5.11 Å². The molecule has 1 heterocycles. The number of hydrogen-bond acceptors (Lipinski definition) is 3. The van der Waals surface area contributed by atoms with Gasteiger partial charge in [0.25, 0.3) is 0 Å². The summed E-state index contributed by atoms with van der Waals surface area (Å²) >= 11 is 4.66. The van der Waals surface area contributed by atoms with E-state index in [1.165, 1.54) is 0 Å². The molecule has 3 N–H and O–H groups in total. The van der Waals surface area contributed by atoms with E-state index in [1.54, 1.807) is 0 Å². The van der Waals surface area contributed by atoms with Crippen molar-refractivity contribution in [2.45, 2.75) is 18.9 Å². The van der Waals surface area contributed by atoms with Crippen LogP contribution in [-0.2, 0) is 9.59 Å². The number of nitrogens with one attached hydrogen (secondary N) is 2. The van der Waals surface area contributed by atoms with E-state index in [2.05, 4.69) is 22.9 Å². The second-order valence-corrected chi connectivity index (χ2v) is 2.86. The van der Waals surface area contributed by atoms with Crippen molar-refractivity contribution in [2.24, 2.45) is 0 Å². The maximum absolute atomic E-state index is 10.9. The van der Waals surface area contributed by atoms with Crippen molar-refractivity contribution in [1.82, 2.24) is 10.6 Å². The molecule has 1 amide bonds. The van der Waals surface area contributed by atoms with Crippen LogP contribution in [0, 0.1) is 0 Å². The van der Waals surface area contributed by atoms with Gasteiger partial charge in [0.1, 0.15) is 6.04 Å². The number of rotatable bonds is 3. The third-order valence-electron chi connectivity index (χ3n) is 1.51. The van der Waals surface area contributed by atoms with Gasteiger partial charge in [0.2, 0.25) is 5.91 Å². The number of thiocarbonyl (C=S) groups is 1. The first-order chi connectivity index (χ1) is 5.59. The number of carbonyl (C=O) groups excluding carboxylic acids is 1. The smallest absolute Gasteiger partial charge is 0.303 e. The molecule has 1 aliphatic rings. The zero-order chi connectivity index (χ0) is 9.14. The molecule has 1 fully saturated rings. The average molecular weight is 188 g/mol. The lowest BCUT2D eigenvalue weighted by Gasteiger charge is -2.03. The van der Waals surface area contributed by atoms with Gasteiger partial charge in [-0.15, -0.1) is 0 Å². The Morgan fingerprint density at radius 2 is 2.33 bits per heavy atom. The van der Waals surface area contributed by atoms with Crippen LogP contribution in [0.25, 0.3) is 0 Å². The van der Waals surface area contributed by atoms with E-state index in [9.17, 15) is 9.59 Å². The fraction of sp³-hybridized carbons (Fsp3) is 0.500. The Bertz CT molecular complexity index is 241. The molecule has 0 aliphatic carbocycles. The molecule has 1 unspecified atom stereocenters. The Labute approximate surface area is 74.1 Å². The molecule has 1 aliphatic heterocycles. The van der Waals surface area contributed by atoms with E-state index < -0.39 is 12.0 Å². The molecule has 0 aromatic heterocycles. The lowest BCUT2D eigenvalue weighted by atomic mass is 10.1. The van der Waals surface area contributed by atoms with Crippen LogP contribution in [0.15, 0.2) is 0 Å². The SMILES string of the molecule is O=C(O)CCC1NC(=S)NC1=O. The summed E-state index contributed by atoms with van der Waals surface area (Å²) < 4.78 is 0. The third-order valence-corrected chi connectivity index (χ3v) is 1.73. The van der Waals surface area contributed by atoms with Crippen molar-refractivity contribution in [1.29, 1.82) is 0 Å². The molecule has 0 spiro atoms. The Morgan fingerprint density at radius 1 is 1.67 bits per heavy atom. The third kappa shape index (κ3) is 2.16. The summed E-state index contributed by atoms with van der Waals surface area (Å²) in [6, 6.07) is -0.478. The lowest BCUT2D eigenvalue weighted by molar-refractivity contribution is -0.137. The number of amides is 1. The van der Waals surface area contributed by atoms with Gasteiger partial charge in [0, 0.05) is 6.42 Å². The predicted molar refractivity (Wildman–Crippen MR) is 44.5 cm³/mol. The zero-order valence-corrected chi connectivity index (χ0v) is 6.98. The predicted octanol–water partition coefficient (Wildman–Crippen LogP) is -0.776. The van der Waals surface area contributed by atoms with Gasteiger partial charge in [-0.25, -0.2) is 0 Å². The van der Waals surface area contributed by atoms with Gasteiger partial charge in [-0.05, 0) is 18.6 Å². The Morgan fingerprint density at radius 3 is 2.75 bits per heavy atom. The first-order valence-corrected chi connectivity index (χ1v) is 3.83. The van der Waals surface area contributed by atoms with Crippen molar-refractivity contribution in [3.63, 3.8) is 0 Å². The normalized spacial score (nSPS) is 21.8. The summed E-state index contributed by atoms with van der Waals surface area (Å²) in [7, 11) is 0. The van der Waals surface area contributed by atoms with Gasteiger partial charge >= 0.3 is 5.97 Å². The largest absolute Gasteiger partial charge is 0.481 e. The number of hydrogen-bond donors (Lipinski definition) is 3. The van der Waals surface area contributed by atoms with Gasteiger partial charge in [-0.3, -0.25) is 9.59 Å². The van der Waals surface area contributed by atoms with Crippen molar-refractivity contribution in [3.8, 4) is 0 Å². The standard InChI is InChI=1S/C6H8N2O3S/c9-4(10)2-1-3-5(11)8-6(12)7-3/h3H,1-2H2,(H,9,10)(H2,7,8,11,12). The Balaban J connectivity index is 2.38.